The third-order valence-electron chi connectivity index (χ3n) is 4.06. The van der Waals surface area contributed by atoms with Crippen LogP contribution in [0.2, 0.25) is 0 Å². The monoisotopic (exact) mass is 343 g/mol. The predicted molar refractivity (Wildman–Crippen MR) is 84.8 cm³/mol. The number of benzene rings is 1. The maximum atomic E-state index is 13.5. The van der Waals surface area contributed by atoms with Crippen LogP contribution in [0.1, 0.15) is 40.4 Å². The molecule has 1 aromatic heterocycles. The average molecular weight is 343 g/mol. The van der Waals surface area contributed by atoms with E-state index in [4.69, 9.17) is 5.26 Å². The van der Waals surface area contributed by atoms with Gasteiger partial charge in [0.25, 0.3) is 5.56 Å². The molecule has 128 valence electrons. The van der Waals surface area contributed by atoms with Crippen molar-refractivity contribution in [3.63, 3.8) is 0 Å². The third-order valence-corrected chi connectivity index (χ3v) is 4.06. The first-order valence-corrected chi connectivity index (χ1v) is 7.59. The van der Waals surface area contributed by atoms with Crippen LogP contribution in [0.5, 0.6) is 0 Å². The number of nitrogens with zero attached hydrogens (tertiary/aromatic N) is 3. The van der Waals surface area contributed by atoms with Gasteiger partial charge in [-0.25, -0.2) is 14.0 Å². The van der Waals surface area contributed by atoms with Crippen LogP contribution in [0.4, 0.5) is 4.39 Å². The molecule has 0 amide bonds. The first-order chi connectivity index (χ1) is 12.0. The minimum atomic E-state index is -0.776. The smallest absolute Gasteiger partial charge is 0.338 e. The molecule has 1 heterocycles. The minimum Gasteiger partial charge on any atom is -0.465 e. The molecule has 7 nitrogen and oxygen atoms in total. The number of nitriles is 1. The van der Waals surface area contributed by atoms with Gasteiger partial charge in [0.05, 0.1) is 19.2 Å². The largest absolute Gasteiger partial charge is 0.465 e. The quantitative estimate of drug-likeness (QED) is 0.777. The highest BCUT2D eigenvalue weighted by atomic mass is 19.1. The van der Waals surface area contributed by atoms with Gasteiger partial charge in [0.15, 0.2) is 0 Å². The lowest BCUT2D eigenvalue weighted by molar-refractivity contribution is 0.0598. The van der Waals surface area contributed by atoms with E-state index in [1.807, 2.05) is 0 Å². The summed E-state index contributed by atoms with van der Waals surface area (Å²) in [5.41, 5.74) is -1.29. The maximum absolute atomic E-state index is 13.5. The summed E-state index contributed by atoms with van der Waals surface area (Å²) in [6.07, 6.45) is 2.87. The van der Waals surface area contributed by atoms with Gasteiger partial charge in [-0.1, -0.05) is 6.07 Å². The molecule has 1 aliphatic carbocycles. The summed E-state index contributed by atoms with van der Waals surface area (Å²) >= 11 is 0. The number of carbonyl (C=O) groups is 1. The number of halogens is 1. The number of ether oxygens (including phenoxy) is 1. The number of esters is 1. The molecular weight excluding hydrogens is 329 g/mol. The molecule has 1 aromatic carbocycles. The number of aromatic nitrogens is 2. The minimum absolute atomic E-state index is 0.0280. The predicted octanol–water partition coefficient (Wildman–Crippen LogP) is 1.19. The van der Waals surface area contributed by atoms with Crippen LogP contribution in [0.25, 0.3) is 0 Å². The van der Waals surface area contributed by atoms with E-state index in [1.165, 1.54) is 16.8 Å². The van der Waals surface area contributed by atoms with Crippen molar-refractivity contribution in [3.8, 4) is 6.07 Å². The van der Waals surface area contributed by atoms with E-state index in [1.54, 1.807) is 6.07 Å². The second-order valence-corrected chi connectivity index (χ2v) is 5.76. The lowest BCUT2D eigenvalue weighted by Gasteiger charge is -2.12. The molecule has 0 spiro atoms. The highest BCUT2D eigenvalue weighted by molar-refractivity contribution is 5.91. The van der Waals surface area contributed by atoms with Crippen molar-refractivity contribution in [3.05, 3.63) is 67.7 Å². The Morgan fingerprint density at radius 1 is 1.40 bits per heavy atom. The fourth-order valence-electron chi connectivity index (χ4n) is 2.61. The Kier molecular flexibility index (Phi) is 4.23. The number of rotatable bonds is 4. The van der Waals surface area contributed by atoms with E-state index in [0.717, 1.165) is 36.7 Å². The van der Waals surface area contributed by atoms with Gasteiger partial charge in [0.2, 0.25) is 0 Å². The van der Waals surface area contributed by atoms with Gasteiger partial charge in [-0.15, -0.1) is 0 Å². The molecule has 0 bridgehead atoms. The number of hydrogen-bond donors (Lipinski definition) is 0. The van der Waals surface area contributed by atoms with Crippen molar-refractivity contribution < 1.29 is 13.9 Å². The normalized spacial score (nSPS) is 13.3. The molecule has 0 unspecified atom stereocenters. The van der Waals surface area contributed by atoms with E-state index in [-0.39, 0.29) is 29.3 Å². The van der Waals surface area contributed by atoms with Crippen LogP contribution >= 0.6 is 0 Å². The highest BCUT2D eigenvalue weighted by Gasteiger charge is 2.27. The first kappa shape index (κ1) is 16.6. The average Bonchev–Trinajstić information content (AvgIpc) is 3.44. The van der Waals surface area contributed by atoms with Gasteiger partial charge in [-0.2, -0.15) is 5.26 Å². The molecule has 1 fully saturated rings. The Bertz CT molecular complexity index is 1010. The Morgan fingerprint density at radius 3 is 2.72 bits per heavy atom. The maximum Gasteiger partial charge on any atom is 0.338 e. The topological polar surface area (TPSA) is 94.1 Å². The van der Waals surface area contributed by atoms with Crippen molar-refractivity contribution in [1.82, 2.24) is 9.13 Å². The van der Waals surface area contributed by atoms with Crippen LogP contribution in [0, 0.1) is 17.1 Å². The van der Waals surface area contributed by atoms with Crippen molar-refractivity contribution in [1.29, 1.82) is 5.26 Å². The summed E-state index contributed by atoms with van der Waals surface area (Å²) in [4.78, 5) is 36.8. The summed E-state index contributed by atoms with van der Waals surface area (Å²) in [7, 11) is 1.15. The number of methoxy groups -OCH3 is 1. The standard InChI is InChI=1S/C17H14FN3O4/c1-25-16(23)14-6-12(18)3-2-10(14)8-21-15(22)11(7-19)9-20(17(21)24)13-4-5-13/h2-3,6,9,13H,4-5,8H2,1H3. The molecule has 2 aromatic rings. The Balaban J connectivity index is 2.15. The SMILES string of the molecule is COC(=O)c1cc(F)ccc1Cn1c(=O)c(C#N)cn(C2CC2)c1=O. The molecule has 0 saturated heterocycles. The van der Waals surface area contributed by atoms with E-state index >= 15 is 0 Å². The first-order valence-electron chi connectivity index (χ1n) is 7.59. The fourth-order valence-corrected chi connectivity index (χ4v) is 2.61. The second-order valence-electron chi connectivity index (χ2n) is 5.76. The van der Waals surface area contributed by atoms with Gasteiger partial charge in [0.1, 0.15) is 17.4 Å². The van der Waals surface area contributed by atoms with Gasteiger partial charge >= 0.3 is 11.7 Å². The molecule has 0 radical (unpaired) electrons. The van der Waals surface area contributed by atoms with Crippen LogP contribution in [-0.2, 0) is 11.3 Å². The summed E-state index contributed by atoms with van der Waals surface area (Å²) in [6, 6.07) is 5.18. The molecular formula is C17H14FN3O4. The van der Waals surface area contributed by atoms with Gasteiger partial charge in [0, 0.05) is 12.2 Å². The molecule has 0 N–H and O–H groups in total. The molecule has 3 rings (SSSR count). The van der Waals surface area contributed by atoms with Crippen molar-refractivity contribution in [2.24, 2.45) is 0 Å². The molecule has 8 heteroatoms. The fraction of sp³-hybridized carbons (Fsp3) is 0.294. The van der Waals surface area contributed by atoms with E-state index in [0.29, 0.717) is 0 Å². The second kappa shape index (κ2) is 6.36. The van der Waals surface area contributed by atoms with Crippen molar-refractivity contribution in [2.75, 3.05) is 7.11 Å². The molecule has 1 aliphatic rings. The Hall–Kier alpha value is -3.21. The zero-order valence-electron chi connectivity index (χ0n) is 13.4. The van der Waals surface area contributed by atoms with Crippen LogP contribution in [0.15, 0.2) is 34.0 Å². The zero-order chi connectivity index (χ0) is 18.1. The highest BCUT2D eigenvalue weighted by Crippen LogP contribution is 2.33. The summed E-state index contributed by atoms with van der Waals surface area (Å²) in [5, 5.41) is 9.14. The van der Waals surface area contributed by atoms with E-state index < -0.39 is 23.0 Å². The third kappa shape index (κ3) is 3.08. The lowest BCUT2D eigenvalue weighted by Crippen LogP contribution is -2.41. The van der Waals surface area contributed by atoms with Crippen LogP contribution < -0.4 is 11.2 Å². The number of hydrogen-bond acceptors (Lipinski definition) is 5. The number of carbonyl (C=O) groups excluding carboxylic acids is 1. The molecule has 25 heavy (non-hydrogen) atoms. The van der Waals surface area contributed by atoms with E-state index in [2.05, 4.69) is 4.74 Å². The van der Waals surface area contributed by atoms with Crippen molar-refractivity contribution in [2.45, 2.75) is 25.4 Å². The molecule has 0 atom stereocenters. The summed E-state index contributed by atoms with van der Waals surface area (Å²) in [5.74, 6) is -1.42. The van der Waals surface area contributed by atoms with Crippen molar-refractivity contribution >= 4 is 5.97 Å². The lowest BCUT2D eigenvalue weighted by atomic mass is 10.1. The van der Waals surface area contributed by atoms with Crippen LogP contribution in [-0.4, -0.2) is 22.2 Å². The Labute approximate surface area is 141 Å². The molecule has 1 saturated carbocycles. The Morgan fingerprint density at radius 2 is 2.12 bits per heavy atom. The molecule has 0 aliphatic heterocycles. The van der Waals surface area contributed by atoms with Gasteiger partial charge in [-0.3, -0.25) is 13.9 Å². The summed E-state index contributed by atoms with van der Waals surface area (Å²) in [6.45, 7) is -0.259. The van der Waals surface area contributed by atoms with Gasteiger partial charge in [-0.05, 0) is 30.5 Å². The van der Waals surface area contributed by atoms with E-state index in [9.17, 15) is 18.8 Å². The van der Waals surface area contributed by atoms with Crippen LogP contribution in [0.3, 0.4) is 0 Å². The zero-order valence-corrected chi connectivity index (χ0v) is 13.4. The van der Waals surface area contributed by atoms with Gasteiger partial charge < -0.3 is 4.74 Å². The summed E-state index contributed by atoms with van der Waals surface area (Å²) < 4.78 is 20.3.